The van der Waals surface area contributed by atoms with Crippen LogP contribution in [0.5, 0.6) is 5.75 Å². The molecular formula is C15H24N2O5S. The molecule has 0 fully saturated rings. The molecule has 0 aliphatic carbocycles. The number of anilines is 1. The third kappa shape index (κ3) is 6.98. The third-order valence-electron chi connectivity index (χ3n) is 3.19. The molecule has 0 aromatic heterocycles. The first-order chi connectivity index (χ1) is 10.9. The number of para-hydroxylation sites is 2. The highest BCUT2D eigenvalue weighted by Crippen LogP contribution is 2.23. The summed E-state index contributed by atoms with van der Waals surface area (Å²) >= 11 is 0. The molecule has 0 saturated carbocycles. The molecule has 7 nitrogen and oxygen atoms in total. The van der Waals surface area contributed by atoms with Crippen LogP contribution in [0.4, 0.5) is 5.69 Å². The van der Waals surface area contributed by atoms with Gasteiger partial charge in [-0.05, 0) is 18.6 Å². The number of benzene rings is 1. The summed E-state index contributed by atoms with van der Waals surface area (Å²) in [6.07, 6.45) is 1.79. The summed E-state index contributed by atoms with van der Waals surface area (Å²) in [4.78, 5) is 12.0. The minimum Gasteiger partial charge on any atom is -0.495 e. The number of hydrogen-bond acceptors (Lipinski definition) is 5. The number of nitrogens with zero attached hydrogens (tertiary/aromatic N) is 1. The van der Waals surface area contributed by atoms with E-state index in [-0.39, 0.29) is 18.9 Å². The zero-order valence-electron chi connectivity index (χ0n) is 13.7. The Morgan fingerprint density at radius 2 is 1.91 bits per heavy atom. The van der Waals surface area contributed by atoms with Crippen LogP contribution in [0.3, 0.4) is 0 Å². The predicted molar refractivity (Wildman–Crippen MR) is 89.2 cm³/mol. The van der Waals surface area contributed by atoms with Crippen molar-refractivity contribution in [1.82, 2.24) is 4.31 Å². The number of methoxy groups -OCH3 is 2. The van der Waals surface area contributed by atoms with E-state index < -0.39 is 10.0 Å². The van der Waals surface area contributed by atoms with Crippen molar-refractivity contribution < 1.29 is 22.7 Å². The molecule has 0 bridgehead atoms. The summed E-state index contributed by atoms with van der Waals surface area (Å²) < 4.78 is 34.8. The van der Waals surface area contributed by atoms with Crippen LogP contribution in [0.15, 0.2) is 24.3 Å². The monoisotopic (exact) mass is 344 g/mol. The molecule has 0 aliphatic rings. The van der Waals surface area contributed by atoms with Crippen LogP contribution in [-0.4, -0.2) is 58.8 Å². The molecule has 0 aliphatic heterocycles. The average Bonchev–Trinajstić information content (AvgIpc) is 2.50. The van der Waals surface area contributed by atoms with Crippen molar-refractivity contribution in [3.8, 4) is 5.75 Å². The van der Waals surface area contributed by atoms with E-state index in [4.69, 9.17) is 9.47 Å². The van der Waals surface area contributed by atoms with Crippen molar-refractivity contribution in [1.29, 1.82) is 0 Å². The van der Waals surface area contributed by atoms with Gasteiger partial charge in [0, 0.05) is 33.2 Å². The van der Waals surface area contributed by atoms with E-state index >= 15 is 0 Å². The zero-order chi connectivity index (χ0) is 17.3. The smallest absolute Gasteiger partial charge is 0.225 e. The molecule has 1 aromatic rings. The Morgan fingerprint density at radius 3 is 2.52 bits per heavy atom. The molecule has 0 heterocycles. The summed E-state index contributed by atoms with van der Waals surface area (Å²) in [7, 11) is -0.273. The molecule has 0 radical (unpaired) electrons. The molecule has 1 amide bonds. The molecule has 0 saturated heterocycles. The number of rotatable bonds is 10. The van der Waals surface area contributed by atoms with Crippen LogP contribution in [0.2, 0.25) is 0 Å². The quantitative estimate of drug-likeness (QED) is 0.647. The maximum atomic E-state index is 12.0. The fourth-order valence-electron chi connectivity index (χ4n) is 2.02. The van der Waals surface area contributed by atoms with Crippen molar-refractivity contribution >= 4 is 21.6 Å². The van der Waals surface area contributed by atoms with Gasteiger partial charge in [-0.25, -0.2) is 12.7 Å². The first-order valence-corrected chi connectivity index (χ1v) is 9.10. The standard InChI is InChI=1S/C15H24N2O5S/c1-21-12-6-10-17(23(3,19)20)11-9-15(18)16-13-7-4-5-8-14(13)22-2/h4-5,7-8H,6,9-12H2,1-3H3,(H,16,18). The number of sulfonamides is 1. The second-order valence-corrected chi connectivity index (χ2v) is 6.99. The van der Waals surface area contributed by atoms with Crippen molar-refractivity contribution in [3.05, 3.63) is 24.3 Å². The Bertz CT molecular complexity index is 604. The Labute approximate surface area is 137 Å². The van der Waals surface area contributed by atoms with Crippen LogP contribution in [0, 0.1) is 0 Å². The molecule has 23 heavy (non-hydrogen) atoms. The molecular weight excluding hydrogens is 320 g/mol. The maximum Gasteiger partial charge on any atom is 0.225 e. The Hall–Kier alpha value is -1.64. The fourth-order valence-corrected chi connectivity index (χ4v) is 2.90. The number of ether oxygens (including phenoxy) is 2. The number of amides is 1. The zero-order valence-corrected chi connectivity index (χ0v) is 14.6. The van der Waals surface area contributed by atoms with Crippen LogP contribution < -0.4 is 10.1 Å². The highest BCUT2D eigenvalue weighted by atomic mass is 32.2. The summed E-state index contributed by atoms with van der Waals surface area (Å²) in [6, 6.07) is 7.05. The Morgan fingerprint density at radius 1 is 1.22 bits per heavy atom. The second-order valence-electron chi connectivity index (χ2n) is 5.01. The van der Waals surface area contributed by atoms with Gasteiger partial charge in [-0.15, -0.1) is 0 Å². The molecule has 0 atom stereocenters. The largest absolute Gasteiger partial charge is 0.495 e. The van der Waals surface area contributed by atoms with Crippen molar-refractivity contribution in [2.45, 2.75) is 12.8 Å². The van der Waals surface area contributed by atoms with Crippen LogP contribution in [-0.2, 0) is 19.6 Å². The fraction of sp³-hybridized carbons (Fsp3) is 0.533. The van der Waals surface area contributed by atoms with E-state index in [1.54, 1.807) is 31.4 Å². The van der Waals surface area contributed by atoms with Gasteiger partial charge in [-0.1, -0.05) is 12.1 Å². The van der Waals surface area contributed by atoms with E-state index in [0.29, 0.717) is 31.0 Å². The average molecular weight is 344 g/mol. The lowest BCUT2D eigenvalue weighted by atomic mass is 10.2. The van der Waals surface area contributed by atoms with E-state index in [2.05, 4.69) is 5.32 Å². The van der Waals surface area contributed by atoms with Gasteiger partial charge < -0.3 is 14.8 Å². The van der Waals surface area contributed by atoms with E-state index in [9.17, 15) is 13.2 Å². The van der Waals surface area contributed by atoms with Gasteiger partial charge in [0.2, 0.25) is 15.9 Å². The summed E-state index contributed by atoms with van der Waals surface area (Å²) in [5.41, 5.74) is 0.560. The number of hydrogen-bond donors (Lipinski definition) is 1. The lowest BCUT2D eigenvalue weighted by Gasteiger charge is -2.19. The first-order valence-electron chi connectivity index (χ1n) is 7.25. The van der Waals surface area contributed by atoms with Crippen LogP contribution >= 0.6 is 0 Å². The maximum absolute atomic E-state index is 12.0. The minimum absolute atomic E-state index is 0.0676. The van der Waals surface area contributed by atoms with Crippen LogP contribution in [0.1, 0.15) is 12.8 Å². The van der Waals surface area contributed by atoms with E-state index in [1.807, 2.05) is 0 Å². The molecule has 130 valence electrons. The lowest BCUT2D eigenvalue weighted by molar-refractivity contribution is -0.116. The van der Waals surface area contributed by atoms with Gasteiger partial charge in [-0.3, -0.25) is 4.79 Å². The SMILES string of the molecule is COCCCN(CCC(=O)Nc1ccccc1OC)S(C)(=O)=O. The minimum atomic E-state index is -3.35. The van der Waals surface area contributed by atoms with Crippen molar-refractivity contribution in [2.75, 3.05) is 45.5 Å². The number of carbonyl (C=O) groups excluding carboxylic acids is 1. The molecule has 8 heteroatoms. The molecule has 1 aromatic carbocycles. The molecule has 1 N–H and O–H groups in total. The number of nitrogens with one attached hydrogen (secondary N) is 1. The molecule has 1 rings (SSSR count). The highest BCUT2D eigenvalue weighted by Gasteiger charge is 2.17. The van der Waals surface area contributed by atoms with Gasteiger partial charge in [0.15, 0.2) is 0 Å². The van der Waals surface area contributed by atoms with Crippen molar-refractivity contribution in [3.63, 3.8) is 0 Å². The summed E-state index contributed by atoms with van der Waals surface area (Å²) in [5, 5.41) is 2.73. The van der Waals surface area contributed by atoms with Crippen molar-refractivity contribution in [2.24, 2.45) is 0 Å². The molecule has 0 spiro atoms. The predicted octanol–water partition coefficient (Wildman–Crippen LogP) is 1.32. The highest BCUT2D eigenvalue weighted by molar-refractivity contribution is 7.88. The third-order valence-corrected chi connectivity index (χ3v) is 4.50. The second kappa shape index (κ2) is 9.49. The summed E-state index contributed by atoms with van der Waals surface area (Å²) in [5.74, 6) is 0.288. The van der Waals surface area contributed by atoms with Gasteiger partial charge in [0.25, 0.3) is 0 Å². The van der Waals surface area contributed by atoms with E-state index in [0.717, 1.165) is 6.26 Å². The summed E-state index contributed by atoms with van der Waals surface area (Å²) in [6.45, 7) is 0.928. The van der Waals surface area contributed by atoms with E-state index in [1.165, 1.54) is 11.4 Å². The first kappa shape index (κ1) is 19.4. The number of carbonyl (C=O) groups is 1. The lowest BCUT2D eigenvalue weighted by Crippen LogP contribution is -2.34. The van der Waals surface area contributed by atoms with Gasteiger partial charge in [0.05, 0.1) is 19.1 Å². The molecule has 0 unspecified atom stereocenters. The van der Waals surface area contributed by atoms with Gasteiger partial charge >= 0.3 is 0 Å². The topological polar surface area (TPSA) is 84.9 Å². The van der Waals surface area contributed by atoms with Gasteiger partial charge in [-0.2, -0.15) is 0 Å². The normalized spacial score (nSPS) is 11.5. The van der Waals surface area contributed by atoms with Gasteiger partial charge in [0.1, 0.15) is 5.75 Å². The van der Waals surface area contributed by atoms with Crippen LogP contribution in [0.25, 0.3) is 0 Å². The Balaban J connectivity index is 2.58. The Kier molecular flexibility index (Phi) is 8.01.